The number of hydrogen-bond acceptors (Lipinski definition) is 24. The molecule has 21 nitrogen and oxygen atoms in total. The van der Waals surface area contributed by atoms with Gasteiger partial charge in [-0.3, -0.25) is 43.2 Å². The Morgan fingerprint density at radius 2 is 0.706 bits per heavy atom. The van der Waals surface area contributed by atoms with E-state index in [2.05, 4.69) is 201 Å². The van der Waals surface area contributed by atoms with Gasteiger partial charge in [0.1, 0.15) is 33.8 Å². The summed E-state index contributed by atoms with van der Waals surface area (Å²) >= 11 is 7.97. The molecule has 2 rings (SSSR count). The second-order valence-electron chi connectivity index (χ2n) is 44.6. The van der Waals surface area contributed by atoms with Crippen molar-refractivity contribution in [2.24, 2.45) is 33.1 Å². The highest BCUT2D eigenvalue weighted by Gasteiger charge is 2.33. The second-order valence-corrected chi connectivity index (χ2v) is 51.3. The van der Waals surface area contributed by atoms with Crippen LogP contribution < -0.4 is 16.8 Å². The molecule has 4 atom stereocenters. The quantitative estimate of drug-likeness (QED) is 0.00566. The minimum atomic E-state index is -1.17. The van der Waals surface area contributed by atoms with Gasteiger partial charge in [-0.15, -0.1) is 0 Å². The first-order valence-electron chi connectivity index (χ1n) is 51.5. The molecule has 0 radical (unpaired) electrons. The summed E-state index contributed by atoms with van der Waals surface area (Å²) in [6.07, 6.45) is 78.0. The molecule has 0 saturated carbocycles. The summed E-state index contributed by atoms with van der Waals surface area (Å²) in [5.74, 6) is 0.625. The number of ketones is 3. The van der Waals surface area contributed by atoms with Crippen LogP contribution in [0.2, 0.25) is 0 Å². The van der Waals surface area contributed by atoms with Gasteiger partial charge in [0.15, 0.2) is 11.6 Å². The second kappa shape index (κ2) is 86.5. The number of thiol groups is 2. The molecule has 2 saturated heterocycles. The lowest BCUT2D eigenvalue weighted by molar-refractivity contribution is -0.156. The Hall–Kier alpha value is -6.33. The zero-order chi connectivity index (χ0) is 112. The van der Waals surface area contributed by atoms with E-state index in [-0.39, 0.29) is 69.0 Å². The number of hydrogen-bond donors (Lipinski definition) is 7. The molecule has 2 heterocycles. The van der Waals surface area contributed by atoms with Crippen molar-refractivity contribution >= 4 is 133 Å². The van der Waals surface area contributed by atoms with Crippen LogP contribution in [0.4, 0.5) is 0 Å². The van der Waals surface area contributed by atoms with Crippen molar-refractivity contribution in [2.75, 3.05) is 29.6 Å². The number of ether oxygens (including phenoxy) is 5. The fourth-order valence-electron chi connectivity index (χ4n) is 11.5. The van der Waals surface area contributed by atoms with Gasteiger partial charge in [0, 0.05) is 99.9 Å². The summed E-state index contributed by atoms with van der Waals surface area (Å²) < 4.78 is 26.6. The molecule has 0 aliphatic carbocycles. The third-order valence-electron chi connectivity index (χ3n) is 18.8. The Labute approximate surface area is 897 Å². The molecule has 826 valence electrons. The molecule has 2 fully saturated rings. The molecular weight excluding hydrogens is 1920 g/mol. The first-order valence-corrected chi connectivity index (χ1v) is 57.4. The Balaban J connectivity index is -0.000000298. The normalized spacial score (nSPS) is 15.8. The Morgan fingerprint density at radius 1 is 0.385 bits per heavy atom. The number of Topliss-reactive ketones (excluding diaryl/α,β-unsaturated/α-hetero) is 3. The molecule has 0 aromatic carbocycles. The predicted molar refractivity (Wildman–Crippen MR) is 621 cm³/mol. The van der Waals surface area contributed by atoms with E-state index in [4.69, 9.17) is 45.4 Å². The topological polar surface area (TPSA) is 338 Å². The number of carbonyl (C=O) groups is 11. The Kier molecular flexibility index (Phi) is 90.5. The molecule has 143 heavy (non-hydrogen) atoms. The average Bonchev–Trinajstić information content (AvgIpc) is 1.38. The van der Waals surface area contributed by atoms with Crippen molar-refractivity contribution < 1.29 is 86.6 Å². The number of allylic oxidation sites excluding steroid dienone is 21. The molecule has 2 aliphatic rings. The highest BCUT2D eigenvalue weighted by molar-refractivity contribution is 8.78. The molecular formula is C116H203N3O18S6. The van der Waals surface area contributed by atoms with Crippen molar-refractivity contribution in [3.05, 3.63) is 146 Å². The van der Waals surface area contributed by atoms with Crippen molar-refractivity contribution in [3.8, 4) is 0 Å². The average molecular weight is 2120 g/mol. The van der Waals surface area contributed by atoms with E-state index in [1.807, 2.05) is 201 Å². The van der Waals surface area contributed by atoms with E-state index in [0.717, 1.165) is 141 Å². The lowest BCUT2D eigenvalue weighted by Crippen LogP contribution is -2.46. The van der Waals surface area contributed by atoms with Crippen LogP contribution in [0.3, 0.4) is 0 Å². The van der Waals surface area contributed by atoms with Crippen molar-refractivity contribution in [1.82, 2.24) is 5.32 Å². The van der Waals surface area contributed by atoms with Crippen LogP contribution in [0, 0.1) is 21.7 Å². The fourth-order valence-corrected chi connectivity index (χ4v) is 18.5. The molecule has 0 bridgehead atoms. The number of nitrogens with one attached hydrogen (secondary N) is 1. The van der Waals surface area contributed by atoms with Crippen molar-refractivity contribution in [3.63, 3.8) is 0 Å². The van der Waals surface area contributed by atoms with Crippen LogP contribution in [-0.2, 0) is 76.4 Å². The van der Waals surface area contributed by atoms with Crippen LogP contribution >= 0.6 is 68.4 Å². The van der Waals surface area contributed by atoms with Crippen molar-refractivity contribution in [2.45, 2.75) is 470 Å². The Morgan fingerprint density at radius 3 is 0.986 bits per heavy atom. The van der Waals surface area contributed by atoms with Gasteiger partial charge in [-0.1, -0.05) is 293 Å². The van der Waals surface area contributed by atoms with Gasteiger partial charge in [0.2, 0.25) is 5.91 Å². The number of carbonyl (C=O) groups excluding carboxylic acids is 9. The smallest absolute Gasteiger partial charge is 0.331 e. The predicted octanol–water partition coefficient (Wildman–Crippen LogP) is 30.4. The van der Waals surface area contributed by atoms with Gasteiger partial charge in [-0.25, -0.2) is 9.59 Å². The summed E-state index contributed by atoms with van der Waals surface area (Å²) in [7, 11) is 8.03. The van der Waals surface area contributed by atoms with E-state index in [9.17, 15) is 52.7 Å². The van der Waals surface area contributed by atoms with Gasteiger partial charge < -0.3 is 50.7 Å². The van der Waals surface area contributed by atoms with Crippen LogP contribution in [0.15, 0.2) is 146 Å². The monoisotopic (exact) mass is 2120 g/mol. The van der Waals surface area contributed by atoms with Crippen molar-refractivity contribution in [1.29, 1.82) is 0 Å². The van der Waals surface area contributed by atoms with Crippen LogP contribution in [0.25, 0.3) is 0 Å². The van der Waals surface area contributed by atoms with Gasteiger partial charge >= 0.3 is 41.8 Å². The third-order valence-corrected chi connectivity index (χ3v) is 26.2. The van der Waals surface area contributed by atoms with Gasteiger partial charge in [0.05, 0.1) is 18.5 Å². The maximum Gasteiger partial charge on any atom is 0.331 e. The number of carboxylic acids is 2. The zero-order valence-corrected chi connectivity index (χ0v) is 100. The van der Waals surface area contributed by atoms with E-state index < -0.39 is 46.6 Å². The first kappa shape index (κ1) is 150. The maximum absolute atomic E-state index is 11.7. The van der Waals surface area contributed by atoms with Gasteiger partial charge in [0.25, 0.3) is 0 Å². The molecule has 0 aromatic rings. The number of amides is 1. The van der Waals surface area contributed by atoms with Crippen LogP contribution in [0.1, 0.15) is 421 Å². The number of aliphatic carboxylic acids is 2. The number of nitrogens with two attached hydrogens (primary N) is 2. The van der Waals surface area contributed by atoms with E-state index in [1.165, 1.54) is 50.5 Å². The molecule has 0 unspecified atom stereocenters. The fraction of sp³-hybridized carbons (Fsp3) is 0.698. The Bertz CT molecular complexity index is 3810. The van der Waals surface area contributed by atoms with Gasteiger partial charge in [-0.2, -0.15) is 25.3 Å². The molecule has 2 aliphatic heterocycles. The zero-order valence-electron chi connectivity index (χ0n) is 95.1. The number of esters is 5. The van der Waals surface area contributed by atoms with E-state index in [0.29, 0.717) is 77.3 Å². The minimum Gasteiger partial charge on any atom is -0.481 e. The lowest BCUT2D eigenvalue weighted by Gasteiger charge is -2.23. The largest absolute Gasteiger partial charge is 0.481 e. The highest BCUT2D eigenvalue weighted by atomic mass is 33.1. The molecule has 27 heteroatoms. The molecule has 0 aromatic heterocycles. The molecule has 1 amide bonds. The lowest BCUT2D eigenvalue weighted by atomic mass is 9.87. The number of unbranched alkanes of at least 4 members (excludes halogenated alkanes) is 4. The SMILES string of the molecule is CC(=O)N[C@@H](CS)C(=O)C(C)(C)C.CC(C)(C)C(=O)CCCC[C@]1(C)CCSS1.CC(C)(C)C(=O)[C@@H](N)CS.CC(C)(C)CCCCC(=O)O.CC(C)(C)OC(=O)/C=C/C(=O)O.CC(C)(C)OC(=O)CCCC[C@]1(C)CCSS1.CC(C)(C)OC(=O)CCCN.CC/C=C\C/C=C\C/C=C\C/C=C\C/C=C\C/C=C\CC(=O)OC(C)(C)C.CC/C=C\C/C=C\C/C=C\C/C=C\C/C=C\CCCC(=O)OC(C)(C)C. The molecule has 7 N–H and O–H groups in total. The number of rotatable bonds is 50. The minimum absolute atomic E-state index is 0.0118. The van der Waals surface area contributed by atoms with E-state index in [1.54, 1.807) is 20.8 Å². The summed E-state index contributed by atoms with van der Waals surface area (Å²) in [6.45, 7) is 62.3. The van der Waals surface area contributed by atoms with Gasteiger partial charge in [-0.05, 0) is 271 Å². The van der Waals surface area contributed by atoms with Crippen LogP contribution in [-0.4, -0.2) is 154 Å². The number of carboxylic acid groups (broad SMARTS) is 2. The first-order chi connectivity index (χ1) is 65.9. The third kappa shape index (κ3) is 119. The summed E-state index contributed by atoms with van der Waals surface area (Å²) in [4.78, 5) is 122. The standard InChI is InChI=1S/C25H38O2.C24H38O2.C13H24O2S2.C13H24OS2.C9H17NO2S.C9H18O2.C8H17NO2.C8H12O4.C7H15NOS/c1-5-6-7-8-9-10-11-12-13-14-15-16-17-18-19-20-21-22-23-24(26)27-25(2,3)4;1-5-6-7-8-9-10-11-12-13-14-15-16-17-18-19-20-21-22-23(25)26-24(2,3)4;1-12(2,3)15-11(14)7-5-6-8-13(4)9-10-16-17-13;1-12(2,3)11(14)7-5-6-8-13(4)9-10-15-16-13;1-6(11)10-7(5-13)8(12)9(2,3)4;1-9(2,3)7-5-4-6-8(10)11;1-8(2,3)11-7(10)5-4-6-9;1-8(2,3)12-7(11)5-4-6(9)10;1-7(2,3)6(9)5(8)4-10/h6-7,9-10,12-13,15-16,18-19,21-22H,5,8,11,14,17,20,23H2,1-4H3;6-7,9-10,12-13,15-16,18-19H,5,8,11,14,17,20-22H2,1-4H3;5-10H2,1-4H3;5-10H2,1-4H3;7,13H,5H2,1-4H3,(H,10,11);4-7H2,1-3H3,(H,10,11);4-6,9H2,1-3H3;4-5H,1-3H3,(H,9,10);5,10H,4,8H2,1-3H3/b7-6-,10-9-,13-12-,16-15-,19-18-,22-21-;7-6-,10-9-,13-12-,16-15-,19-18-;;;;;;5-4+;/t;;2*13-;7-;;;;5-/m..110...0/s1. The molecule has 0 spiro atoms. The summed E-state index contributed by atoms with van der Waals surface area (Å²) in [5, 5.41) is 19.1. The highest BCUT2D eigenvalue weighted by Crippen LogP contribution is 2.50. The van der Waals surface area contributed by atoms with Crippen LogP contribution in [0.5, 0.6) is 0 Å². The maximum atomic E-state index is 11.7. The summed E-state index contributed by atoms with van der Waals surface area (Å²) in [5.41, 5.74) is 8.05. The van der Waals surface area contributed by atoms with E-state index >= 15 is 0 Å². The summed E-state index contributed by atoms with van der Waals surface area (Å²) in [6, 6.07) is -0.885.